The van der Waals surface area contributed by atoms with Gasteiger partial charge in [0.15, 0.2) is 5.41 Å². The highest BCUT2D eigenvalue weighted by Gasteiger charge is 2.53. The molecule has 0 spiro atoms. The van der Waals surface area contributed by atoms with E-state index in [2.05, 4.69) is 4.90 Å². The number of carbonyl (C=O) groups excluding carboxylic acids is 2. The number of ether oxygens (including phenoxy) is 1. The largest absolute Gasteiger partial charge is 0.465 e. The number of anilines is 1. The van der Waals surface area contributed by atoms with Crippen LogP contribution in [-0.4, -0.2) is 49.6 Å². The predicted molar refractivity (Wildman–Crippen MR) is 122 cm³/mol. The van der Waals surface area contributed by atoms with Gasteiger partial charge in [0, 0.05) is 18.8 Å². The molecule has 4 rings (SSSR count). The molecule has 164 valence electrons. The zero-order chi connectivity index (χ0) is 21.7. The van der Waals surface area contributed by atoms with Crippen LogP contribution in [0.2, 0.25) is 0 Å². The Morgan fingerprint density at radius 1 is 0.968 bits per heavy atom. The number of carbonyl (C=O) groups is 2. The van der Waals surface area contributed by atoms with Crippen LogP contribution < -0.4 is 4.90 Å². The molecule has 2 heterocycles. The second-order valence-electron chi connectivity index (χ2n) is 8.63. The van der Waals surface area contributed by atoms with Gasteiger partial charge in [-0.25, -0.2) is 0 Å². The van der Waals surface area contributed by atoms with Crippen LogP contribution in [0.3, 0.4) is 0 Å². The Balaban J connectivity index is 1.69. The molecule has 5 nitrogen and oxygen atoms in total. The lowest BCUT2D eigenvalue weighted by atomic mass is 9.72. The van der Waals surface area contributed by atoms with E-state index in [1.807, 2.05) is 59.5 Å². The molecule has 0 bridgehead atoms. The van der Waals surface area contributed by atoms with Gasteiger partial charge in [0.05, 0.1) is 6.61 Å². The lowest BCUT2D eigenvalue weighted by Crippen LogP contribution is -2.56. The van der Waals surface area contributed by atoms with E-state index in [1.165, 1.54) is 19.3 Å². The van der Waals surface area contributed by atoms with E-state index in [-0.39, 0.29) is 12.5 Å². The van der Waals surface area contributed by atoms with Gasteiger partial charge in [-0.05, 0) is 62.9 Å². The minimum Gasteiger partial charge on any atom is -0.465 e. The Labute approximate surface area is 185 Å². The Kier molecular flexibility index (Phi) is 6.71. The fourth-order valence-corrected chi connectivity index (χ4v) is 4.92. The van der Waals surface area contributed by atoms with Crippen molar-refractivity contribution in [2.75, 3.05) is 37.7 Å². The maximum atomic E-state index is 14.0. The first-order valence-corrected chi connectivity index (χ1v) is 11.5. The summed E-state index contributed by atoms with van der Waals surface area (Å²) in [4.78, 5) is 31.6. The predicted octanol–water partition coefficient (Wildman–Crippen LogP) is 3.85. The third-order valence-electron chi connectivity index (χ3n) is 6.53. The van der Waals surface area contributed by atoms with Gasteiger partial charge in [0.1, 0.15) is 0 Å². The number of amides is 1. The van der Waals surface area contributed by atoms with Crippen molar-refractivity contribution in [1.82, 2.24) is 4.90 Å². The zero-order valence-electron chi connectivity index (χ0n) is 18.4. The van der Waals surface area contributed by atoms with Crippen molar-refractivity contribution >= 4 is 17.6 Å². The first kappa shape index (κ1) is 21.6. The lowest BCUT2D eigenvalue weighted by molar-refractivity contribution is -0.160. The van der Waals surface area contributed by atoms with E-state index in [0.717, 1.165) is 36.4 Å². The van der Waals surface area contributed by atoms with Gasteiger partial charge in [0.25, 0.3) is 0 Å². The summed E-state index contributed by atoms with van der Waals surface area (Å²) < 4.78 is 5.49. The van der Waals surface area contributed by atoms with Crippen molar-refractivity contribution in [2.45, 2.75) is 39.0 Å². The van der Waals surface area contributed by atoms with Crippen LogP contribution in [-0.2, 0) is 27.2 Å². The summed E-state index contributed by atoms with van der Waals surface area (Å²) >= 11 is 0. The van der Waals surface area contributed by atoms with Gasteiger partial charge in [-0.2, -0.15) is 0 Å². The number of fused-ring (bicyclic) bond motifs is 1. The highest BCUT2D eigenvalue weighted by atomic mass is 16.5. The third kappa shape index (κ3) is 4.52. The smallest absolute Gasteiger partial charge is 0.322 e. The number of nitrogens with zero attached hydrogens (tertiary/aromatic N) is 2. The number of likely N-dealkylation sites (tertiary alicyclic amines) is 1. The summed E-state index contributed by atoms with van der Waals surface area (Å²) in [5.74, 6) is -0.549. The standard InChI is InChI=1S/C26H32N2O3/c1-2-31-25(30)26(19-21-11-5-3-6-12-21)20-22-13-7-8-14-23(22)28(24(26)29)18-17-27-15-9-4-10-16-27/h3,5-8,11-14H,2,4,9-10,15-20H2,1H3. The second-order valence-corrected chi connectivity index (χ2v) is 8.63. The minimum absolute atomic E-state index is 0.134. The molecule has 2 aromatic carbocycles. The first-order chi connectivity index (χ1) is 15.1. The third-order valence-corrected chi connectivity index (χ3v) is 6.53. The molecule has 1 amide bonds. The summed E-state index contributed by atoms with van der Waals surface area (Å²) in [7, 11) is 0. The van der Waals surface area contributed by atoms with Gasteiger partial charge in [0.2, 0.25) is 5.91 Å². The highest BCUT2D eigenvalue weighted by molar-refractivity contribution is 6.12. The summed E-state index contributed by atoms with van der Waals surface area (Å²) in [6, 6.07) is 17.8. The normalized spacial score (nSPS) is 21.6. The molecule has 2 aliphatic heterocycles. The van der Waals surface area contributed by atoms with Crippen LogP contribution in [0, 0.1) is 5.41 Å². The van der Waals surface area contributed by atoms with E-state index in [9.17, 15) is 9.59 Å². The van der Waals surface area contributed by atoms with Crippen LogP contribution in [0.4, 0.5) is 5.69 Å². The highest BCUT2D eigenvalue weighted by Crippen LogP contribution is 2.41. The molecule has 0 aliphatic carbocycles. The number of piperidine rings is 1. The molecule has 0 saturated carbocycles. The molecular weight excluding hydrogens is 388 g/mol. The topological polar surface area (TPSA) is 49.9 Å². The summed E-state index contributed by atoms with van der Waals surface area (Å²) in [5, 5.41) is 0. The average molecular weight is 421 g/mol. The molecular formula is C26H32N2O3. The number of rotatable bonds is 7. The molecule has 1 atom stereocenters. The molecule has 0 radical (unpaired) electrons. The Hall–Kier alpha value is -2.66. The van der Waals surface area contributed by atoms with Crippen molar-refractivity contribution in [3.05, 3.63) is 65.7 Å². The maximum Gasteiger partial charge on any atom is 0.322 e. The SMILES string of the molecule is CCOC(=O)C1(Cc2ccccc2)Cc2ccccc2N(CCN2CCCCC2)C1=O. The van der Waals surface area contributed by atoms with Crippen LogP contribution in [0.1, 0.15) is 37.3 Å². The second kappa shape index (κ2) is 9.65. The van der Waals surface area contributed by atoms with E-state index in [1.54, 1.807) is 6.92 Å². The van der Waals surface area contributed by atoms with Crippen LogP contribution in [0.15, 0.2) is 54.6 Å². The van der Waals surface area contributed by atoms with Gasteiger partial charge >= 0.3 is 5.97 Å². The van der Waals surface area contributed by atoms with Crippen molar-refractivity contribution in [3.63, 3.8) is 0 Å². The lowest BCUT2D eigenvalue weighted by Gasteiger charge is -2.42. The van der Waals surface area contributed by atoms with Crippen molar-refractivity contribution in [2.24, 2.45) is 5.41 Å². The molecule has 1 fully saturated rings. The molecule has 31 heavy (non-hydrogen) atoms. The fraction of sp³-hybridized carbons (Fsp3) is 0.462. The van der Waals surface area contributed by atoms with Crippen LogP contribution in [0.25, 0.3) is 0 Å². The number of esters is 1. The zero-order valence-corrected chi connectivity index (χ0v) is 18.4. The van der Waals surface area contributed by atoms with Crippen molar-refractivity contribution in [3.8, 4) is 0 Å². The molecule has 0 aromatic heterocycles. The molecule has 5 heteroatoms. The monoisotopic (exact) mass is 420 g/mol. The van der Waals surface area contributed by atoms with Gasteiger partial charge in [-0.15, -0.1) is 0 Å². The van der Waals surface area contributed by atoms with E-state index in [0.29, 0.717) is 19.4 Å². The van der Waals surface area contributed by atoms with E-state index < -0.39 is 11.4 Å². The van der Waals surface area contributed by atoms with Crippen molar-refractivity contribution < 1.29 is 14.3 Å². The van der Waals surface area contributed by atoms with Gasteiger partial charge < -0.3 is 14.5 Å². The summed E-state index contributed by atoms with van der Waals surface area (Å²) in [5.41, 5.74) is 1.70. The molecule has 0 N–H and O–H groups in total. The fourth-order valence-electron chi connectivity index (χ4n) is 4.92. The van der Waals surface area contributed by atoms with Crippen molar-refractivity contribution in [1.29, 1.82) is 0 Å². The van der Waals surface area contributed by atoms with Crippen LogP contribution >= 0.6 is 0 Å². The average Bonchev–Trinajstić information content (AvgIpc) is 2.80. The molecule has 2 aromatic rings. The van der Waals surface area contributed by atoms with Gasteiger partial charge in [-0.3, -0.25) is 9.59 Å². The number of hydrogen-bond donors (Lipinski definition) is 0. The Morgan fingerprint density at radius 2 is 1.68 bits per heavy atom. The number of hydrogen-bond acceptors (Lipinski definition) is 4. The number of benzene rings is 2. The summed E-state index contributed by atoms with van der Waals surface area (Å²) in [6.45, 7) is 5.63. The number of para-hydroxylation sites is 1. The quantitative estimate of drug-likeness (QED) is 0.504. The Morgan fingerprint density at radius 3 is 2.42 bits per heavy atom. The Bertz CT molecular complexity index is 908. The van der Waals surface area contributed by atoms with Crippen LogP contribution in [0.5, 0.6) is 0 Å². The minimum atomic E-state index is -1.23. The molecule has 2 aliphatic rings. The van der Waals surface area contributed by atoms with E-state index >= 15 is 0 Å². The first-order valence-electron chi connectivity index (χ1n) is 11.5. The van der Waals surface area contributed by atoms with Gasteiger partial charge in [-0.1, -0.05) is 55.0 Å². The molecule has 1 unspecified atom stereocenters. The maximum absolute atomic E-state index is 14.0. The molecule has 1 saturated heterocycles. The van der Waals surface area contributed by atoms with E-state index in [4.69, 9.17) is 4.74 Å². The summed E-state index contributed by atoms with van der Waals surface area (Å²) in [6.07, 6.45) is 4.43.